The molecule has 7 heteroatoms. The van der Waals surface area contributed by atoms with Crippen LogP contribution in [0.15, 0.2) is 24.3 Å². The summed E-state index contributed by atoms with van der Waals surface area (Å²) in [5, 5.41) is 2.72. The molecule has 0 spiro atoms. The first-order valence-electron chi connectivity index (χ1n) is 8.89. The van der Waals surface area contributed by atoms with E-state index in [9.17, 15) is 14.4 Å². The van der Waals surface area contributed by atoms with Gasteiger partial charge in [0.1, 0.15) is 6.54 Å². The van der Waals surface area contributed by atoms with Crippen LogP contribution in [-0.2, 0) is 9.53 Å². The zero-order valence-corrected chi connectivity index (χ0v) is 15.7. The molecule has 1 aliphatic rings. The van der Waals surface area contributed by atoms with Crippen molar-refractivity contribution in [2.75, 3.05) is 33.1 Å². The fourth-order valence-corrected chi connectivity index (χ4v) is 3.23. The van der Waals surface area contributed by atoms with Crippen LogP contribution in [0.1, 0.15) is 42.5 Å². The lowest BCUT2D eigenvalue weighted by Crippen LogP contribution is -2.39. The molecular weight excluding hydrogens is 334 g/mol. The summed E-state index contributed by atoms with van der Waals surface area (Å²) in [5.74, 6) is -0.493. The Labute approximate surface area is 154 Å². The molecule has 2 rings (SSSR count). The molecule has 7 nitrogen and oxygen atoms in total. The molecule has 1 aromatic rings. The minimum absolute atomic E-state index is 0.103. The molecule has 3 amide bonds. The number of likely N-dealkylation sites (N-methyl/N-ethyl adjacent to an activating group) is 1. The van der Waals surface area contributed by atoms with Crippen LogP contribution in [0.2, 0.25) is 0 Å². The van der Waals surface area contributed by atoms with E-state index < -0.39 is 12.0 Å². The summed E-state index contributed by atoms with van der Waals surface area (Å²) in [5.41, 5.74) is 0.901. The topological polar surface area (TPSA) is 79.0 Å². The quantitative estimate of drug-likeness (QED) is 0.875. The van der Waals surface area contributed by atoms with Crippen LogP contribution in [0.3, 0.4) is 0 Å². The highest BCUT2D eigenvalue weighted by molar-refractivity contribution is 6.04. The van der Waals surface area contributed by atoms with Crippen molar-refractivity contribution in [2.45, 2.75) is 38.1 Å². The number of hydrogen-bond donors (Lipinski definition) is 1. The van der Waals surface area contributed by atoms with Gasteiger partial charge in [-0.15, -0.1) is 0 Å². The summed E-state index contributed by atoms with van der Waals surface area (Å²) >= 11 is 0. The van der Waals surface area contributed by atoms with Gasteiger partial charge >= 0.3 is 6.09 Å². The second-order valence-corrected chi connectivity index (χ2v) is 6.63. The number of ether oxygens (including phenoxy) is 1. The van der Waals surface area contributed by atoms with Gasteiger partial charge in [-0.05, 0) is 25.0 Å². The fraction of sp³-hybridized carbons (Fsp3) is 0.526. The number of amides is 3. The molecule has 0 bridgehead atoms. The Balaban J connectivity index is 2.07. The van der Waals surface area contributed by atoms with Crippen molar-refractivity contribution in [3.8, 4) is 0 Å². The number of benzene rings is 1. The zero-order valence-electron chi connectivity index (χ0n) is 15.7. The van der Waals surface area contributed by atoms with Crippen molar-refractivity contribution in [2.24, 2.45) is 0 Å². The Bertz CT molecular complexity index is 656. The zero-order chi connectivity index (χ0) is 19.1. The molecule has 26 heavy (non-hydrogen) atoms. The number of nitrogens with one attached hydrogen (secondary N) is 1. The number of methoxy groups -OCH3 is 1. The van der Waals surface area contributed by atoms with Crippen LogP contribution < -0.4 is 5.32 Å². The van der Waals surface area contributed by atoms with Gasteiger partial charge in [0.2, 0.25) is 5.91 Å². The average molecular weight is 361 g/mol. The molecule has 0 aliphatic heterocycles. The van der Waals surface area contributed by atoms with Crippen molar-refractivity contribution >= 4 is 23.6 Å². The predicted molar refractivity (Wildman–Crippen MR) is 99.1 cm³/mol. The van der Waals surface area contributed by atoms with Gasteiger partial charge in [-0.3, -0.25) is 9.59 Å². The van der Waals surface area contributed by atoms with Gasteiger partial charge in [0.25, 0.3) is 5.91 Å². The number of para-hydroxylation sites is 1. The van der Waals surface area contributed by atoms with Crippen LogP contribution in [0.4, 0.5) is 10.5 Å². The third-order valence-corrected chi connectivity index (χ3v) is 4.74. The average Bonchev–Trinajstić information content (AvgIpc) is 2.67. The molecule has 0 radical (unpaired) electrons. The number of anilines is 1. The van der Waals surface area contributed by atoms with Crippen molar-refractivity contribution in [3.05, 3.63) is 29.8 Å². The SMILES string of the molecule is COC(=O)N(C)CC(=O)Nc1ccccc1C(=O)N(C)C1CCCCC1. The van der Waals surface area contributed by atoms with Gasteiger partial charge in [0.05, 0.1) is 18.4 Å². The first kappa shape index (κ1) is 19.8. The second kappa shape index (κ2) is 9.22. The maximum atomic E-state index is 12.9. The summed E-state index contributed by atoms with van der Waals surface area (Å²) in [6.45, 7) is -0.159. The van der Waals surface area contributed by atoms with E-state index in [0.717, 1.165) is 30.6 Å². The summed E-state index contributed by atoms with van der Waals surface area (Å²) < 4.78 is 4.57. The first-order chi connectivity index (χ1) is 12.4. The normalized spacial score (nSPS) is 14.4. The Hall–Kier alpha value is -2.57. The number of carbonyl (C=O) groups excluding carboxylic acids is 3. The first-order valence-corrected chi connectivity index (χ1v) is 8.89. The lowest BCUT2D eigenvalue weighted by atomic mass is 9.94. The third-order valence-electron chi connectivity index (χ3n) is 4.74. The van der Waals surface area contributed by atoms with Crippen LogP contribution >= 0.6 is 0 Å². The van der Waals surface area contributed by atoms with E-state index in [1.807, 2.05) is 7.05 Å². The fourth-order valence-electron chi connectivity index (χ4n) is 3.23. The van der Waals surface area contributed by atoms with E-state index in [2.05, 4.69) is 10.1 Å². The largest absolute Gasteiger partial charge is 0.453 e. The molecule has 1 saturated carbocycles. The molecule has 142 valence electrons. The minimum atomic E-state index is -0.596. The summed E-state index contributed by atoms with van der Waals surface area (Å²) in [6, 6.07) is 7.18. The standard InChI is InChI=1S/C19H27N3O4/c1-21(19(25)26-3)13-17(23)20-16-12-8-7-11-15(16)18(24)22(2)14-9-5-4-6-10-14/h7-8,11-12,14H,4-6,9-10,13H2,1-3H3,(H,20,23). The Morgan fingerprint density at radius 3 is 2.42 bits per heavy atom. The smallest absolute Gasteiger partial charge is 0.409 e. The molecule has 0 heterocycles. The van der Waals surface area contributed by atoms with E-state index in [1.54, 1.807) is 29.2 Å². The van der Waals surface area contributed by atoms with Crippen LogP contribution in [0.25, 0.3) is 0 Å². The van der Waals surface area contributed by atoms with Gasteiger partial charge in [0, 0.05) is 20.1 Å². The lowest BCUT2D eigenvalue weighted by Gasteiger charge is -2.31. The molecule has 1 N–H and O–H groups in total. The minimum Gasteiger partial charge on any atom is -0.453 e. The van der Waals surface area contributed by atoms with Gasteiger partial charge < -0.3 is 19.9 Å². The van der Waals surface area contributed by atoms with Crippen LogP contribution in [0.5, 0.6) is 0 Å². The van der Waals surface area contributed by atoms with E-state index in [4.69, 9.17) is 0 Å². The summed E-state index contributed by atoms with van der Waals surface area (Å²) in [7, 11) is 4.55. The van der Waals surface area contributed by atoms with Crippen LogP contribution in [-0.4, -0.2) is 61.5 Å². The third kappa shape index (κ3) is 4.97. The Morgan fingerprint density at radius 2 is 1.77 bits per heavy atom. The monoisotopic (exact) mass is 361 g/mol. The van der Waals surface area contributed by atoms with E-state index >= 15 is 0 Å². The van der Waals surface area contributed by atoms with E-state index in [-0.39, 0.29) is 18.5 Å². The molecule has 1 fully saturated rings. The number of carbonyl (C=O) groups is 3. The van der Waals surface area contributed by atoms with Crippen molar-refractivity contribution in [1.82, 2.24) is 9.80 Å². The maximum Gasteiger partial charge on any atom is 0.409 e. The van der Waals surface area contributed by atoms with Gasteiger partial charge in [0.15, 0.2) is 0 Å². The molecule has 1 aliphatic carbocycles. The van der Waals surface area contributed by atoms with Gasteiger partial charge in [-0.2, -0.15) is 0 Å². The summed E-state index contributed by atoms with van der Waals surface area (Å²) in [4.78, 5) is 39.5. The van der Waals surface area contributed by atoms with Gasteiger partial charge in [-0.1, -0.05) is 31.4 Å². The molecule has 0 unspecified atom stereocenters. The molecular formula is C19H27N3O4. The highest BCUT2D eigenvalue weighted by Crippen LogP contribution is 2.25. The highest BCUT2D eigenvalue weighted by Gasteiger charge is 2.25. The second-order valence-electron chi connectivity index (χ2n) is 6.63. The van der Waals surface area contributed by atoms with Crippen molar-refractivity contribution in [3.63, 3.8) is 0 Å². The Morgan fingerprint density at radius 1 is 1.12 bits per heavy atom. The van der Waals surface area contributed by atoms with Crippen molar-refractivity contribution in [1.29, 1.82) is 0 Å². The van der Waals surface area contributed by atoms with Crippen LogP contribution in [0, 0.1) is 0 Å². The predicted octanol–water partition coefficient (Wildman–Crippen LogP) is 2.73. The maximum absolute atomic E-state index is 12.9. The van der Waals surface area contributed by atoms with Gasteiger partial charge in [-0.25, -0.2) is 4.79 Å². The van der Waals surface area contributed by atoms with E-state index in [0.29, 0.717) is 11.3 Å². The lowest BCUT2D eigenvalue weighted by molar-refractivity contribution is -0.116. The molecule has 0 aromatic heterocycles. The summed E-state index contributed by atoms with van der Waals surface area (Å²) in [6.07, 6.45) is 4.93. The number of hydrogen-bond acceptors (Lipinski definition) is 4. The Kier molecular flexibility index (Phi) is 7.00. The highest BCUT2D eigenvalue weighted by atomic mass is 16.5. The van der Waals surface area contributed by atoms with E-state index in [1.165, 1.54) is 20.6 Å². The number of rotatable bonds is 5. The molecule has 0 atom stereocenters. The molecule has 0 saturated heterocycles. The molecule has 1 aromatic carbocycles. The number of nitrogens with zero attached hydrogens (tertiary/aromatic N) is 2. The van der Waals surface area contributed by atoms with Crippen molar-refractivity contribution < 1.29 is 19.1 Å².